The number of aryl methyl sites for hydroxylation is 1. The topological polar surface area (TPSA) is 75.6 Å². The van der Waals surface area contributed by atoms with E-state index < -0.39 is 5.97 Å². The van der Waals surface area contributed by atoms with E-state index in [-0.39, 0.29) is 24.0 Å². The van der Waals surface area contributed by atoms with Crippen molar-refractivity contribution in [3.63, 3.8) is 0 Å². The molecule has 2 N–H and O–H groups in total. The smallest absolute Gasteiger partial charge is 0.335 e. The van der Waals surface area contributed by atoms with Crippen molar-refractivity contribution in [2.45, 2.75) is 33.3 Å². The molecule has 0 spiro atoms. The average molecular weight is 327 g/mol. The van der Waals surface area contributed by atoms with Crippen molar-refractivity contribution in [3.05, 3.63) is 59.2 Å². The quantitative estimate of drug-likeness (QED) is 0.849. The Morgan fingerprint density at radius 2 is 1.92 bits per heavy atom. The Bertz CT molecular complexity index is 753. The van der Waals surface area contributed by atoms with Gasteiger partial charge < -0.3 is 15.2 Å². The summed E-state index contributed by atoms with van der Waals surface area (Å²) < 4.78 is 5.62. The molecule has 0 bridgehead atoms. The first-order valence-corrected chi connectivity index (χ1v) is 7.74. The van der Waals surface area contributed by atoms with Crippen LogP contribution in [0.5, 0.6) is 5.75 Å². The highest BCUT2D eigenvalue weighted by atomic mass is 16.5. The molecule has 5 nitrogen and oxygen atoms in total. The largest absolute Gasteiger partial charge is 0.491 e. The molecule has 0 radical (unpaired) electrons. The average Bonchev–Trinajstić information content (AvgIpc) is 2.48. The summed E-state index contributed by atoms with van der Waals surface area (Å²) in [5.41, 5.74) is 2.29. The van der Waals surface area contributed by atoms with E-state index in [1.165, 1.54) is 12.1 Å². The summed E-state index contributed by atoms with van der Waals surface area (Å²) in [5, 5.41) is 11.8. The summed E-state index contributed by atoms with van der Waals surface area (Å²) in [5.74, 6) is -0.509. The number of carbonyl (C=O) groups is 2. The molecule has 0 saturated carbocycles. The molecule has 0 atom stereocenters. The number of anilines is 1. The second-order valence-corrected chi connectivity index (χ2v) is 5.87. The van der Waals surface area contributed by atoms with E-state index in [0.717, 1.165) is 16.9 Å². The Morgan fingerprint density at radius 1 is 1.17 bits per heavy atom. The van der Waals surface area contributed by atoms with E-state index in [1.54, 1.807) is 6.07 Å². The second kappa shape index (κ2) is 7.64. The molecule has 0 aliphatic heterocycles. The van der Waals surface area contributed by atoms with Crippen molar-refractivity contribution >= 4 is 17.6 Å². The summed E-state index contributed by atoms with van der Waals surface area (Å²) in [4.78, 5) is 23.3. The van der Waals surface area contributed by atoms with Crippen LogP contribution in [0.25, 0.3) is 0 Å². The summed E-state index contributed by atoms with van der Waals surface area (Å²) in [7, 11) is 0. The summed E-state index contributed by atoms with van der Waals surface area (Å²) in [6.45, 7) is 5.70. The predicted octanol–water partition coefficient (Wildman–Crippen LogP) is 3.66. The third-order valence-electron chi connectivity index (χ3n) is 3.39. The minimum atomic E-state index is -1.02. The van der Waals surface area contributed by atoms with Gasteiger partial charge in [0.1, 0.15) is 5.75 Å². The number of carboxylic acids is 1. The molecule has 0 unspecified atom stereocenters. The van der Waals surface area contributed by atoms with E-state index in [2.05, 4.69) is 5.32 Å². The lowest BCUT2D eigenvalue weighted by molar-refractivity contribution is -0.115. The van der Waals surface area contributed by atoms with E-state index in [0.29, 0.717) is 5.69 Å². The molecule has 0 heterocycles. The highest BCUT2D eigenvalue weighted by molar-refractivity contribution is 5.95. The number of hydrogen-bond donors (Lipinski definition) is 2. The number of rotatable bonds is 6. The van der Waals surface area contributed by atoms with Crippen LogP contribution in [0.1, 0.15) is 35.3 Å². The third kappa shape index (κ3) is 4.84. The van der Waals surface area contributed by atoms with Crippen LogP contribution in [0.15, 0.2) is 42.5 Å². The molecule has 126 valence electrons. The van der Waals surface area contributed by atoms with Gasteiger partial charge in [-0.15, -0.1) is 0 Å². The fraction of sp³-hybridized carbons (Fsp3) is 0.263. The summed E-state index contributed by atoms with van der Waals surface area (Å²) in [6, 6.07) is 12.0. The van der Waals surface area contributed by atoms with Gasteiger partial charge in [0, 0.05) is 5.69 Å². The van der Waals surface area contributed by atoms with Gasteiger partial charge in [0.05, 0.1) is 18.1 Å². The summed E-state index contributed by atoms with van der Waals surface area (Å²) >= 11 is 0. The number of hydrogen-bond acceptors (Lipinski definition) is 3. The highest BCUT2D eigenvalue weighted by Crippen LogP contribution is 2.19. The van der Waals surface area contributed by atoms with Crippen molar-refractivity contribution < 1.29 is 19.4 Å². The standard InChI is InChI=1S/C19H21NO4/c1-12(2)24-16-6-4-5-14(9-16)10-18(21)20-17-11-15(19(22)23)8-7-13(17)3/h4-9,11-12H,10H2,1-3H3,(H,20,21)(H,22,23). The van der Waals surface area contributed by atoms with E-state index in [1.807, 2.05) is 45.0 Å². The van der Waals surface area contributed by atoms with Crippen molar-refractivity contribution in [2.24, 2.45) is 0 Å². The maximum atomic E-state index is 12.2. The monoisotopic (exact) mass is 327 g/mol. The van der Waals surface area contributed by atoms with Gasteiger partial charge in [0.2, 0.25) is 5.91 Å². The fourth-order valence-corrected chi connectivity index (χ4v) is 2.27. The molecule has 0 fully saturated rings. The Morgan fingerprint density at radius 3 is 2.58 bits per heavy atom. The number of carboxylic acid groups (broad SMARTS) is 1. The molecule has 2 aromatic rings. The highest BCUT2D eigenvalue weighted by Gasteiger charge is 2.10. The van der Waals surface area contributed by atoms with Crippen LogP contribution in [-0.4, -0.2) is 23.1 Å². The molecule has 1 amide bonds. The maximum Gasteiger partial charge on any atom is 0.335 e. The lowest BCUT2D eigenvalue weighted by Crippen LogP contribution is -2.16. The van der Waals surface area contributed by atoms with Gasteiger partial charge in [0.15, 0.2) is 0 Å². The zero-order valence-electron chi connectivity index (χ0n) is 14.0. The molecule has 5 heteroatoms. The van der Waals surface area contributed by atoms with Gasteiger partial charge >= 0.3 is 5.97 Å². The van der Waals surface area contributed by atoms with Gasteiger partial charge in [-0.05, 0) is 56.2 Å². The zero-order valence-corrected chi connectivity index (χ0v) is 14.0. The minimum Gasteiger partial charge on any atom is -0.491 e. The van der Waals surface area contributed by atoms with E-state index in [4.69, 9.17) is 9.84 Å². The number of amides is 1. The van der Waals surface area contributed by atoms with Crippen LogP contribution in [-0.2, 0) is 11.2 Å². The van der Waals surface area contributed by atoms with Crippen molar-refractivity contribution in [1.29, 1.82) is 0 Å². The van der Waals surface area contributed by atoms with Crippen molar-refractivity contribution in [2.75, 3.05) is 5.32 Å². The molecule has 0 saturated heterocycles. The maximum absolute atomic E-state index is 12.2. The van der Waals surface area contributed by atoms with Crippen LogP contribution in [0.2, 0.25) is 0 Å². The summed E-state index contributed by atoms with van der Waals surface area (Å²) in [6.07, 6.45) is 0.252. The molecule has 24 heavy (non-hydrogen) atoms. The Hall–Kier alpha value is -2.82. The van der Waals surface area contributed by atoms with E-state index in [9.17, 15) is 9.59 Å². The number of aromatic carboxylic acids is 1. The molecular weight excluding hydrogens is 306 g/mol. The van der Waals surface area contributed by atoms with Crippen molar-refractivity contribution in [3.8, 4) is 5.75 Å². The molecule has 0 aliphatic rings. The number of nitrogens with one attached hydrogen (secondary N) is 1. The molecule has 2 aromatic carbocycles. The van der Waals surface area contributed by atoms with Crippen LogP contribution >= 0.6 is 0 Å². The SMILES string of the molecule is Cc1ccc(C(=O)O)cc1NC(=O)Cc1cccc(OC(C)C)c1. The van der Waals surface area contributed by atoms with Crippen LogP contribution in [0.3, 0.4) is 0 Å². The van der Waals surface area contributed by atoms with Gasteiger partial charge in [-0.3, -0.25) is 4.79 Å². The lowest BCUT2D eigenvalue weighted by Gasteiger charge is -2.12. The van der Waals surface area contributed by atoms with Crippen LogP contribution in [0, 0.1) is 6.92 Å². The predicted molar refractivity (Wildman–Crippen MR) is 92.7 cm³/mol. The first-order valence-electron chi connectivity index (χ1n) is 7.74. The Kier molecular flexibility index (Phi) is 5.58. The minimum absolute atomic E-state index is 0.0653. The van der Waals surface area contributed by atoms with Gasteiger partial charge in [0.25, 0.3) is 0 Å². The van der Waals surface area contributed by atoms with Crippen molar-refractivity contribution in [1.82, 2.24) is 0 Å². The second-order valence-electron chi connectivity index (χ2n) is 5.87. The van der Waals surface area contributed by atoms with Crippen LogP contribution < -0.4 is 10.1 Å². The molecule has 0 aliphatic carbocycles. The number of ether oxygens (including phenoxy) is 1. The van der Waals surface area contributed by atoms with Gasteiger partial charge in [-0.1, -0.05) is 18.2 Å². The lowest BCUT2D eigenvalue weighted by atomic mass is 10.1. The van der Waals surface area contributed by atoms with E-state index >= 15 is 0 Å². The Labute approximate surface area is 141 Å². The first-order chi connectivity index (χ1) is 11.3. The van der Waals surface area contributed by atoms with Gasteiger partial charge in [-0.2, -0.15) is 0 Å². The van der Waals surface area contributed by atoms with Crippen LogP contribution in [0.4, 0.5) is 5.69 Å². The number of carbonyl (C=O) groups excluding carboxylic acids is 1. The number of benzene rings is 2. The molecule has 2 rings (SSSR count). The Balaban J connectivity index is 2.08. The molecular formula is C19H21NO4. The third-order valence-corrected chi connectivity index (χ3v) is 3.39. The van der Waals surface area contributed by atoms with Gasteiger partial charge in [-0.25, -0.2) is 4.79 Å². The fourth-order valence-electron chi connectivity index (χ4n) is 2.27. The first kappa shape index (κ1) is 17.5. The molecule has 0 aromatic heterocycles. The normalized spacial score (nSPS) is 10.5. The zero-order chi connectivity index (χ0) is 17.7.